The van der Waals surface area contributed by atoms with Crippen molar-refractivity contribution >= 4 is 5.82 Å². The Balaban J connectivity index is 2.67. The fourth-order valence-electron chi connectivity index (χ4n) is 1.65. The highest BCUT2D eigenvalue weighted by Crippen LogP contribution is 2.21. The molecule has 0 spiro atoms. The first-order valence-corrected chi connectivity index (χ1v) is 5.97. The molecule has 0 aromatic carbocycles. The summed E-state index contributed by atoms with van der Waals surface area (Å²) >= 11 is 0. The number of aromatic nitrogens is 2. The van der Waals surface area contributed by atoms with E-state index in [-0.39, 0.29) is 6.10 Å². The lowest BCUT2D eigenvalue weighted by Gasteiger charge is -2.18. The molecular formula is C12H21N3O. The van der Waals surface area contributed by atoms with Crippen LogP contribution in [0.1, 0.15) is 39.5 Å². The fraction of sp³-hybridized carbons (Fsp3) is 0.667. The van der Waals surface area contributed by atoms with E-state index in [2.05, 4.69) is 29.1 Å². The first-order chi connectivity index (χ1) is 7.81. The van der Waals surface area contributed by atoms with Gasteiger partial charge in [0.15, 0.2) is 5.82 Å². The van der Waals surface area contributed by atoms with Crippen LogP contribution in [0.15, 0.2) is 12.4 Å². The van der Waals surface area contributed by atoms with Crippen LogP contribution in [-0.2, 0) is 0 Å². The number of hydrogen-bond acceptors (Lipinski definition) is 4. The van der Waals surface area contributed by atoms with Crippen molar-refractivity contribution in [3.8, 4) is 5.88 Å². The minimum atomic E-state index is 0.249. The van der Waals surface area contributed by atoms with Crippen molar-refractivity contribution in [1.82, 2.24) is 9.97 Å². The molecule has 0 aliphatic rings. The number of ether oxygens (including phenoxy) is 1. The summed E-state index contributed by atoms with van der Waals surface area (Å²) in [5, 5.41) is 2.99. The van der Waals surface area contributed by atoms with Gasteiger partial charge in [-0.2, -0.15) is 0 Å². The molecule has 1 aromatic heterocycles. The second-order valence-corrected chi connectivity index (χ2v) is 3.78. The smallest absolute Gasteiger partial charge is 0.257 e. The third-order valence-electron chi connectivity index (χ3n) is 2.40. The first kappa shape index (κ1) is 12.7. The lowest BCUT2D eigenvalue weighted by molar-refractivity contribution is 0.172. The zero-order chi connectivity index (χ0) is 11.8. The van der Waals surface area contributed by atoms with Crippen molar-refractivity contribution in [3.05, 3.63) is 12.4 Å². The van der Waals surface area contributed by atoms with Gasteiger partial charge in [0.25, 0.3) is 5.88 Å². The van der Waals surface area contributed by atoms with Gasteiger partial charge in [-0.15, -0.1) is 0 Å². The lowest BCUT2D eigenvalue weighted by Crippen LogP contribution is -2.17. The van der Waals surface area contributed by atoms with Crippen LogP contribution in [-0.4, -0.2) is 23.1 Å². The molecule has 1 heterocycles. The van der Waals surface area contributed by atoms with Crippen LogP contribution in [0.4, 0.5) is 5.82 Å². The highest BCUT2D eigenvalue weighted by atomic mass is 16.5. The largest absolute Gasteiger partial charge is 0.472 e. The van der Waals surface area contributed by atoms with E-state index in [1.54, 1.807) is 12.4 Å². The maximum Gasteiger partial charge on any atom is 0.257 e. The molecule has 0 unspecified atom stereocenters. The van der Waals surface area contributed by atoms with Crippen LogP contribution in [0, 0.1) is 0 Å². The summed E-state index contributed by atoms with van der Waals surface area (Å²) in [6.07, 6.45) is 7.94. The molecular weight excluding hydrogens is 202 g/mol. The average molecular weight is 223 g/mol. The molecule has 0 saturated heterocycles. The monoisotopic (exact) mass is 223 g/mol. The summed E-state index contributed by atoms with van der Waals surface area (Å²) in [5.41, 5.74) is 0. The second kappa shape index (κ2) is 7.04. The zero-order valence-electron chi connectivity index (χ0n) is 10.4. The molecule has 0 radical (unpaired) electrons. The fourth-order valence-corrected chi connectivity index (χ4v) is 1.65. The van der Waals surface area contributed by atoms with E-state index >= 15 is 0 Å². The van der Waals surface area contributed by atoms with Crippen molar-refractivity contribution in [3.63, 3.8) is 0 Å². The molecule has 0 saturated carbocycles. The van der Waals surface area contributed by atoms with Crippen molar-refractivity contribution in [2.75, 3.05) is 12.4 Å². The Bertz CT molecular complexity index is 298. The molecule has 0 fully saturated rings. The third kappa shape index (κ3) is 3.68. The molecule has 4 nitrogen and oxygen atoms in total. The topological polar surface area (TPSA) is 47.0 Å². The minimum absolute atomic E-state index is 0.249. The number of rotatable bonds is 7. The van der Waals surface area contributed by atoms with E-state index in [1.165, 1.54) is 0 Å². The highest BCUT2D eigenvalue weighted by Gasteiger charge is 2.12. The van der Waals surface area contributed by atoms with Gasteiger partial charge in [0.1, 0.15) is 6.10 Å². The van der Waals surface area contributed by atoms with Gasteiger partial charge in [-0.05, 0) is 12.8 Å². The molecule has 0 bridgehead atoms. The van der Waals surface area contributed by atoms with Gasteiger partial charge in [-0.1, -0.05) is 26.7 Å². The average Bonchev–Trinajstić information content (AvgIpc) is 2.30. The van der Waals surface area contributed by atoms with Crippen molar-refractivity contribution in [1.29, 1.82) is 0 Å². The predicted molar refractivity (Wildman–Crippen MR) is 65.8 cm³/mol. The molecule has 1 rings (SSSR count). The van der Waals surface area contributed by atoms with Gasteiger partial charge >= 0.3 is 0 Å². The molecule has 0 aliphatic carbocycles. The maximum atomic E-state index is 5.88. The Kier molecular flexibility index (Phi) is 5.61. The highest BCUT2D eigenvalue weighted by molar-refractivity contribution is 5.43. The maximum absolute atomic E-state index is 5.88. The summed E-state index contributed by atoms with van der Waals surface area (Å²) in [4.78, 5) is 8.38. The number of nitrogens with one attached hydrogen (secondary N) is 1. The van der Waals surface area contributed by atoms with Gasteiger partial charge in [-0.3, -0.25) is 0 Å². The van der Waals surface area contributed by atoms with Gasteiger partial charge < -0.3 is 10.1 Å². The first-order valence-electron chi connectivity index (χ1n) is 5.97. The van der Waals surface area contributed by atoms with Gasteiger partial charge in [0.05, 0.1) is 0 Å². The summed E-state index contributed by atoms with van der Waals surface area (Å²) in [6, 6.07) is 0. The SMILES string of the molecule is CCCC(CCC)Oc1nccnc1NC. The molecule has 16 heavy (non-hydrogen) atoms. The van der Waals surface area contributed by atoms with E-state index in [1.807, 2.05) is 7.05 Å². The summed E-state index contributed by atoms with van der Waals surface area (Å²) in [7, 11) is 1.82. The Labute approximate surface area is 97.5 Å². The van der Waals surface area contributed by atoms with Crippen LogP contribution >= 0.6 is 0 Å². The van der Waals surface area contributed by atoms with Crippen LogP contribution in [0.3, 0.4) is 0 Å². The van der Waals surface area contributed by atoms with Crippen molar-refractivity contribution in [2.45, 2.75) is 45.6 Å². The zero-order valence-corrected chi connectivity index (χ0v) is 10.4. The van der Waals surface area contributed by atoms with Crippen LogP contribution < -0.4 is 10.1 Å². The van der Waals surface area contributed by atoms with Gasteiger partial charge in [0, 0.05) is 19.4 Å². The van der Waals surface area contributed by atoms with E-state index < -0.39 is 0 Å². The van der Waals surface area contributed by atoms with E-state index in [0.29, 0.717) is 11.7 Å². The Hall–Kier alpha value is -1.32. The Morgan fingerprint density at radius 2 is 1.81 bits per heavy atom. The van der Waals surface area contributed by atoms with Crippen LogP contribution in [0.2, 0.25) is 0 Å². The Morgan fingerprint density at radius 1 is 1.19 bits per heavy atom. The number of anilines is 1. The molecule has 90 valence electrons. The van der Waals surface area contributed by atoms with Crippen LogP contribution in [0.5, 0.6) is 5.88 Å². The Morgan fingerprint density at radius 3 is 2.38 bits per heavy atom. The summed E-state index contributed by atoms with van der Waals surface area (Å²) in [5.74, 6) is 1.32. The molecule has 1 N–H and O–H groups in total. The third-order valence-corrected chi connectivity index (χ3v) is 2.40. The molecule has 0 aliphatic heterocycles. The van der Waals surface area contributed by atoms with E-state index in [9.17, 15) is 0 Å². The lowest BCUT2D eigenvalue weighted by atomic mass is 10.1. The standard InChI is InChI=1S/C12H21N3O/c1-4-6-10(7-5-2)16-12-11(13-3)14-8-9-15-12/h8-10H,4-7H2,1-3H3,(H,13,14). The summed E-state index contributed by atoms with van der Waals surface area (Å²) in [6.45, 7) is 4.34. The van der Waals surface area contributed by atoms with Crippen LogP contribution in [0.25, 0.3) is 0 Å². The van der Waals surface area contributed by atoms with E-state index in [4.69, 9.17) is 4.74 Å². The van der Waals surface area contributed by atoms with Gasteiger partial charge in [0.2, 0.25) is 0 Å². The molecule has 1 aromatic rings. The molecule has 0 atom stereocenters. The number of nitrogens with zero attached hydrogens (tertiary/aromatic N) is 2. The molecule has 0 amide bonds. The van der Waals surface area contributed by atoms with E-state index in [0.717, 1.165) is 25.7 Å². The number of hydrogen-bond donors (Lipinski definition) is 1. The summed E-state index contributed by atoms with van der Waals surface area (Å²) < 4.78 is 5.88. The quantitative estimate of drug-likeness (QED) is 0.772. The van der Waals surface area contributed by atoms with Crippen molar-refractivity contribution < 1.29 is 4.74 Å². The predicted octanol–water partition coefficient (Wildman–Crippen LogP) is 2.87. The second-order valence-electron chi connectivity index (χ2n) is 3.78. The minimum Gasteiger partial charge on any atom is -0.472 e. The van der Waals surface area contributed by atoms with Crippen molar-refractivity contribution in [2.24, 2.45) is 0 Å². The molecule has 4 heteroatoms. The normalized spacial score (nSPS) is 10.5. The van der Waals surface area contributed by atoms with Gasteiger partial charge in [-0.25, -0.2) is 9.97 Å².